The molecule has 0 saturated heterocycles. The van der Waals surface area contributed by atoms with Crippen LogP contribution in [0, 0.1) is 0 Å². The summed E-state index contributed by atoms with van der Waals surface area (Å²) < 4.78 is 7.44. The van der Waals surface area contributed by atoms with Crippen molar-refractivity contribution in [1.29, 1.82) is 0 Å². The van der Waals surface area contributed by atoms with E-state index in [1.54, 1.807) is 12.0 Å². The Balaban J connectivity index is 1.53. The minimum atomic E-state index is -1.02. The molecule has 6 nitrogen and oxygen atoms in total. The zero-order valence-electron chi connectivity index (χ0n) is 20.8. The van der Waals surface area contributed by atoms with Crippen LogP contribution in [-0.4, -0.2) is 40.0 Å². The van der Waals surface area contributed by atoms with Gasteiger partial charge in [-0.1, -0.05) is 62.4 Å². The van der Waals surface area contributed by atoms with Crippen LogP contribution in [0.25, 0.3) is 10.9 Å². The second-order valence-corrected chi connectivity index (χ2v) is 10.2. The first-order valence-corrected chi connectivity index (χ1v) is 12.8. The van der Waals surface area contributed by atoms with E-state index < -0.39 is 5.54 Å². The van der Waals surface area contributed by atoms with Gasteiger partial charge in [-0.15, -0.1) is 0 Å². The second kappa shape index (κ2) is 9.76. The van der Waals surface area contributed by atoms with Gasteiger partial charge in [-0.2, -0.15) is 0 Å². The number of benzene rings is 2. The molecule has 0 radical (unpaired) electrons. The molecule has 2 aliphatic rings. The third kappa shape index (κ3) is 4.54. The maximum Gasteiger partial charge on any atom is 0.271 e. The van der Waals surface area contributed by atoms with Crippen LogP contribution in [0.5, 0.6) is 5.75 Å². The number of ether oxygens (including phenoxy) is 1. The van der Waals surface area contributed by atoms with E-state index in [2.05, 4.69) is 5.32 Å². The van der Waals surface area contributed by atoms with Gasteiger partial charge in [0.2, 0.25) is 5.91 Å². The Kier molecular flexibility index (Phi) is 6.54. The van der Waals surface area contributed by atoms with Crippen molar-refractivity contribution in [3.8, 4) is 5.75 Å². The minimum absolute atomic E-state index is 0.0669. The second-order valence-electron chi connectivity index (χ2n) is 10.2. The molecule has 1 fully saturated rings. The van der Waals surface area contributed by atoms with Crippen molar-refractivity contribution >= 4 is 22.7 Å². The zero-order valence-corrected chi connectivity index (χ0v) is 20.8. The van der Waals surface area contributed by atoms with Crippen molar-refractivity contribution in [3.63, 3.8) is 0 Å². The summed E-state index contributed by atoms with van der Waals surface area (Å²) in [5.41, 5.74) is 1.52. The van der Waals surface area contributed by atoms with Gasteiger partial charge in [0.05, 0.1) is 19.2 Å². The fraction of sp³-hybridized carbons (Fsp3) is 0.448. The molecule has 1 N–H and O–H groups in total. The molecule has 1 aliphatic heterocycles. The number of amides is 2. The smallest absolute Gasteiger partial charge is 0.271 e. The Morgan fingerprint density at radius 1 is 1.03 bits per heavy atom. The van der Waals surface area contributed by atoms with Crippen LogP contribution in [0.1, 0.15) is 67.9 Å². The predicted octanol–water partition coefficient (Wildman–Crippen LogP) is 5.29. The summed E-state index contributed by atoms with van der Waals surface area (Å²) in [6, 6.07) is 17.8. The Labute approximate surface area is 207 Å². The van der Waals surface area contributed by atoms with Crippen molar-refractivity contribution in [2.24, 2.45) is 0 Å². The predicted molar refractivity (Wildman–Crippen MR) is 137 cm³/mol. The molecule has 184 valence electrons. The highest BCUT2D eigenvalue weighted by Gasteiger charge is 2.48. The lowest BCUT2D eigenvalue weighted by molar-refractivity contribution is -0.134. The van der Waals surface area contributed by atoms with Gasteiger partial charge in [0, 0.05) is 24.0 Å². The number of rotatable bonds is 5. The highest BCUT2D eigenvalue weighted by Crippen LogP contribution is 2.35. The molecule has 0 bridgehead atoms. The third-order valence-electron chi connectivity index (χ3n) is 7.75. The first-order chi connectivity index (χ1) is 17.0. The lowest BCUT2D eigenvalue weighted by Crippen LogP contribution is -2.64. The van der Waals surface area contributed by atoms with Crippen molar-refractivity contribution in [1.82, 2.24) is 14.8 Å². The normalized spacial score (nSPS) is 21.3. The first kappa shape index (κ1) is 23.5. The van der Waals surface area contributed by atoms with Crippen LogP contribution < -0.4 is 10.1 Å². The van der Waals surface area contributed by atoms with Gasteiger partial charge in [0.1, 0.15) is 17.0 Å². The van der Waals surface area contributed by atoms with E-state index >= 15 is 0 Å². The molecule has 3 aromatic rings. The molecular weight excluding hydrogens is 438 g/mol. The molecule has 1 saturated carbocycles. The molecule has 5 rings (SSSR count). The van der Waals surface area contributed by atoms with Gasteiger partial charge in [0.15, 0.2) is 0 Å². The van der Waals surface area contributed by atoms with Crippen molar-refractivity contribution in [2.45, 2.75) is 76.5 Å². The van der Waals surface area contributed by atoms with Crippen LogP contribution in [0.3, 0.4) is 0 Å². The summed E-state index contributed by atoms with van der Waals surface area (Å²) in [5.74, 6) is 0.548. The number of nitrogens with one attached hydrogen (secondary N) is 1. The van der Waals surface area contributed by atoms with Gasteiger partial charge in [-0.05, 0) is 43.5 Å². The van der Waals surface area contributed by atoms with Gasteiger partial charge < -0.3 is 19.5 Å². The highest BCUT2D eigenvalue weighted by atomic mass is 16.5. The van der Waals surface area contributed by atoms with E-state index in [4.69, 9.17) is 4.74 Å². The van der Waals surface area contributed by atoms with Crippen LogP contribution in [0.2, 0.25) is 0 Å². The van der Waals surface area contributed by atoms with E-state index in [0.29, 0.717) is 18.8 Å². The maximum absolute atomic E-state index is 14.0. The van der Waals surface area contributed by atoms with E-state index in [9.17, 15) is 9.59 Å². The third-order valence-corrected chi connectivity index (χ3v) is 7.75. The fourth-order valence-corrected chi connectivity index (χ4v) is 5.61. The average Bonchev–Trinajstić information content (AvgIpc) is 3.21. The van der Waals surface area contributed by atoms with Crippen LogP contribution in [0.4, 0.5) is 0 Å². The molecule has 2 amide bonds. The largest absolute Gasteiger partial charge is 0.497 e. The number of carbonyl (C=O) groups excluding carboxylic acids is 2. The van der Waals surface area contributed by atoms with Crippen molar-refractivity contribution < 1.29 is 14.3 Å². The molecule has 35 heavy (non-hydrogen) atoms. The van der Waals surface area contributed by atoms with Crippen molar-refractivity contribution in [3.05, 3.63) is 65.9 Å². The fourth-order valence-electron chi connectivity index (χ4n) is 5.61. The van der Waals surface area contributed by atoms with Crippen molar-refractivity contribution in [2.75, 3.05) is 7.11 Å². The number of carbonyl (C=O) groups is 2. The SMILES string of the molecule is COc1ccc2cc3n(c2c1)CC(C)(C(=O)NC1CCCCCCC1)N(Cc1ccccc1)C3=O. The Bertz CT molecular complexity index is 1210. The van der Waals surface area contributed by atoms with Gasteiger partial charge in [-0.25, -0.2) is 0 Å². The standard InChI is InChI=1S/C29H35N3O3/c1-29(28(34)30-23-13-9-4-3-5-10-14-23)20-31-25-18-24(35-2)16-15-22(25)17-26(31)27(33)32(29)19-21-11-7-6-8-12-21/h6-8,11-12,15-18,23H,3-5,9-10,13-14,19-20H2,1-2H3,(H,30,34). The highest BCUT2D eigenvalue weighted by molar-refractivity contribution is 6.03. The molecule has 0 spiro atoms. The molecule has 6 heteroatoms. The van der Waals surface area contributed by atoms with E-state index in [1.807, 2.05) is 66.1 Å². The summed E-state index contributed by atoms with van der Waals surface area (Å²) >= 11 is 0. The number of methoxy groups -OCH3 is 1. The first-order valence-electron chi connectivity index (χ1n) is 12.8. The molecule has 2 aromatic carbocycles. The number of hydrogen-bond donors (Lipinski definition) is 1. The Hall–Kier alpha value is -3.28. The molecule has 1 aromatic heterocycles. The number of aromatic nitrogens is 1. The van der Waals surface area contributed by atoms with E-state index in [-0.39, 0.29) is 17.9 Å². The number of nitrogens with zero attached hydrogens (tertiary/aromatic N) is 2. The van der Waals surface area contributed by atoms with Crippen LogP contribution in [0.15, 0.2) is 54.6 Å². The lowest BCUT2D eigenvalue weighted by atomic mass is 9.91. The molecule has 1 aliphatic carbocycles. The molecule has 1 unspecified atom stereocenters. The van der Waals surface area contributed by atoms with Gasteiger partial charge in [0.25, 0.3) is 5.91 Å². The van der Waals surface area contributed by atoms with Gasteiger partial charge >= 0.3 is 0 Å². The molecule has 1 atom stereocenters. The van der Waals surface area contributed by atoms with E-state index in [1.165, 1.54) is 19.3 Å². The van der Waals surface area contributed by atoms with Gasteiger partial charge in [-0.3, -0.25) is 9.59 Å². The summed E-state index contributed by atoms with van der Waals surface area (Å²) in [6.45, 7) is 2.70. The summed E-state index contributed by atoms with van der Waals surface area (Å²) in [5, 5.41) is 4.33. The number of hydrogen-bond acceptors (Lipinski definition) is 3. The zero-order chi connectivity index (χ0) is 24.4. The van der Waals surface area contributed by atoms with Crippen LogP contribution in [-0.2, 0) is 17.9 Å². The minimum Gasteiger partial charge on any atom is -0.497 e. The summed E-state index contributed by atoms with van der Waals surface area (Å²) in [7, 11) is 1.64. The average molecular weight is 474 g/mol. The Morgan fingerprint density at radius 2 is 1.74 bits per heavy atom. The summed E-state index contributed by atoms with van der Waals surface area (Å²) in [4.78, 5) is 29.7. The van der Waals surface area contributed by atoms with E-state index in [0.717, 1.165) is 47.9 Å². The maximum atomic E-state index is 14.0. The van der Waals surface area contributed by atoms with Crippen LogP contribution >= 0.6 is 0 Å². The molecule has 2 heterocycles. The Morgan fingerprint density at radius 3 is 2.46 bits per heavy atom. The quantitative estimate of drug-likeness (QED) is 0.547. The summed E-state index contributed by atoms with van der Waals surface area (Å²) in [6.07, 6.45) is 8.02. The monoisotopic (exact) mass is 473 g/mol. The lowest BCUT2D eigenvalue weighted by Gasteiger charge is -2.44. The molecular formula is C29H35N3O3. The number of fused-ring (bicyclic) bond motifs is 3. The topological polar surface area (TPSA) is 63.6 Å².